The maximum Gasteiger partial charge on any atom is 0.306 e. The van der Waals surface area contributed by atoms with Gasteiger partial charge in [0.1, 0.15) is 17.4 Å². The molecule has 190 valence electrons. The minimum atomic E-state index is -1.01. The number of rotatable bonds is 10. The highest BCUT2D eigenvalue weighted by molar-refractivity contribution is 6.06. The van der Waals surface area contributed by atoms with Crippen LogP contribution in [0.2, 0.25) is 0 Å². The van der Waals surface area contributed by atoms with Crippen molar-refractivity contribution in [2.45, 2.75) is 59.2 Å². The molecule has 0 unspecified atom stereocenters. The number of nitriles is 1. The summed E-state index contributed by atoms with van der Waals surface area (Å²) in [5.41, 5.74) is 4.52. The van der Waals surface area contributed by atoms with E-state index in [1.165, 1.54) is 16.8 Å². The first kappa shape index (κ1) is 26.3. The molecule has 3 aromatic rings. The lowest BCUT2D eigenvalue weighted by Gasteiger charge is -2.30. The van der Waals surface area contributed by atoms with Crippen LogP contribution in [-0.4, -0.2) is 43.7 Å². The quantitative estimate of drug-likeness (QED) is 0.354. The number of hydrogen-bond donors (Lipinski definition) is 3. The number of amides is 3. The molecule has 12 nitrogen and oxygen atoms in total. The highest BCUT2D eigenvalue weighted by Crippen LogP contribution is 2.24. The fraction of sp³-hybridized carbons (Fsp3) is 0.435. The molecule has 0 aliphatic heterocycles. The Morgan fingerprint density at radius 3 is 2.64 bits per heavy atom. The lowest BCUT2D eigenvalue weighted by molar-refractivity contribution is -0.125. The Labute approximate surface area is 206 Å². The molecule has 2 aromatic heterocycles. The van der Waals surface area contributed by atoms with Crippen molar-refractivity contribution in [1.29, 1.82) is 5.26 Å². The van der Waals surface area contributed by atoms with E-state index >= 15 is 0 Å². The topological polar surface area (TPSA) is 182 Å². The Balaban J connectivity index is 1.80. The van der Waals surface area contributed by atoms with Gasteiger partial charge in [0, 0.05) is 18.4 Å². The zero-order valence-electron chi connectivity index (χ0n) is 20.2. The molecule has 0 radical (unpaired) electrons. The van der Waals surface area contributed by atoms with Crippen molar-refractivity contribution in [3.63, 3.8) is 0 Å². The van der Waals surface area contributed by atoms with Gasteiger partial charge in [0.15, 0.2) is 5.69 Å². The molecule has 4 N–H and O–H groups in total. The van der Waals surface area contributed by atoms with Crippen molar-refractivity contribution in [2.24, 2.45) is 11.1 Å². The van der Waals surface area contributed by atoms with Gasteiger partial charge in [-0.3, -0.25) is 19.1 Å². The second-order valence-electron chi connectivity index (χ2n) is 9.18. The minimum Gasteiger partial charge on any atom is -0.415 e. The molecule has 3 rings (SSSR count). The van der Waals surface area contributed by atoms with Crippen LogP contribution in [0.1, 0.15) is 67.1 Å². The number of aromatic nitrogens is 4. The second kappa shape index (κ2) is 10.9. The van der Waals surface area contributed by atoms with Crippen molar-refractivity contribution in [3.8, 4) is 6.07 Å². The number of carbonyl (C=O) groups is 3. The lowest BCUT2D eigenvalue weighted by Crippen LogP contribution is -2.53. The number of aryl methyl sites for hydroxylation is 1. The van der Waals surface area contributed by atoms with Crippen LogP contribution in [0, 0.1) is 22.6 Å². The molecule has 3 amide bonds. The predicted octanol–water partition coefficient (Wildman–Crippen LogP) is 1.81. The summed E-state index contributed by atoms with van der Waals surface area (Å²) >= 11 is 0. The smallest absolute Gasteiger partial charge is 0.306 e. The van der Waals surface area contributed by atoms with Crippen LogP contribution in [0.4, 0.5) is 4.39 Å². The van der Waals surface area contributed by atoms with Crippen molar-refractivity contribution in [2.75, 3.05) is 0 Å². The third-order valence-corrected chi connectivity index (χ3v) is 5.34. The van der Waals surface area contributed by atoms with Crippen molar-refractivity contribution < 1.29 is 23.2 Å². The van der Waals surface area contributed by atoms with Gasteiger partial charge in [-0.2, -0.15) is 10.4 Å². The Morgan fingerprint density at radius 1 is 1.25 bits per heavy atom. The molecule has 0 bridgehead atoms. The summed E-state index contributed by atoms with van der Waals surface area (Å²) in [6, 6.07) is 5.40. The third-order valence-electron chi connectivity index (χ3n) is 5.34. The van der Waals surface area contributed by atoms with Crippen molar-refractivity contribution in [3.05, 3.63) is 41.5 Å². The predicted molar refractivity (Wildman–Crippen MR) is 125 cm³/mol. The number of para-hydroxylation sites is 1. The molecule has 0 fully saturated rings. The van der Waals surface area contributed by atoms with Gasteiger partial charge >= 0.3 is 11.8 Å². The van der Waals surface area contributed by atoms with Gasteiger partial charge in [-0.05, 0) is 24.3 Å². The van der Waals surface area contributed by atoms with Gasteiger partial charge in [-0.25, -0.2) is 4.39 Å². The molecule has 13 heteroatoms. The third kappa shape index (κ3) is 6.01. The number of nitrogens with zero attached hydrogens (tertiary/aromatic N) is 5. The van der Waals surface area contributed by atoms with E-state index in [0.717, 1.165) is 0 Å². The summed E-state index contributed by atoms with van der Waals surface area (Å²) in [6.07, 6.45) is 1.56. The first-order chi connectivity index (χ1) is 17.0. The number of fused-ring (bicyclic) bond motifs is 1. The molecule has 0 aliphatic carbocycles. The van der Waals surface area contributed by atoms with Crippen LogP contribution in [0.15, 0.2) is 22.6 Å². The Kier molecular flexibility index (Phi) is 7.98. The molecule has 0 saturated heterocycles. The van der Waals surface area contributed by atoms with Gasteiger partial charge in [0.25, 0.3) is 5.91 Å². The standard InChI is InChI=1S/C23H27FN8O4/c1-23(2,3)18(21(35)27-12-15-29-30-22(36-15)19(26)33)28-20(34)16-13-8-7-9-14(24)17(13)32(31-16)11-6-4-5-10-25/h7-9,18H,4-6,11-12H2,1-3H3,(H2,26,33)(H,27,35)(H,28,34)/t18-/m1/s1. The molecule has 2 heterocycles. The van der Waals surface area contributed by atoms with E-state index in [4.69, 9.17) is 15.4 Å². The summed E-state index contributed by atoms with van der Waals surface area (Å²) in [5, 5.41) is 25.8. The molecule has 0 spiro atoms. The zero-order chi connectivity index (χ0) is 26.5. The molecule has 0 aliphatic rings. The number of unbranched alkanes of at least 4 members (excludes halogenated alkanes) is 2. The van der Waals surface area contributed by atoms with E-state index in [9.17, 15) is 18.8 Å². The van der Waals surface area contributed by atoms with E-state index in [-0.39, 0.29) is 29.5 Å². The number of nitrogens with one attached hydrogen (secondary N) is 2. The van der Waals surface area contributed by atoms with Crippen molar-refractivity contribution in [1.82, 2.24) is 30.6 Å². The minimum absolute atomic E-state index is 0.0187. The molecular formula is C23H27FN8O4. The Bertz CT molecular complexity index is 1320. The largest absolute Gasteiger partial charge is 0.415 e. The van der Waals surface area contributed by atoms with Crippen LogP contribution in [0.25, 0.3) is 10.9 Å². The fourth-order valence-electron chi connectivity index (χ4n) is 3.55. The van der Waals surface area contributed by atoms with E-state index < -0.39 is 35.0 Å². The number of benzene rings is 1. The van der Waals surface area contributed by atoms with Gasteiger partial charge < -0.3 is 20.8 Å². The SMILES string of the molecule is CC(C)(C)[C@H](NC(=O)c1nn(CCCCC#N)c2c(F)cccc12)C(=O)NCc1nnc(C(N)=O)o1. The van der Waals surface area contributed by atoms with E-state index in [1.54, 1.807) is 26.8 Å². The summed E-state index contributed by atoms with van der Waals surface area (Å²) in [7, 11) is 0. The summed E-state index contributed by atoms with van der Waals surface area (Å²) in [6.45, 7) is 5.43. The van der Waals surface area contributed by atoms with Crippen LogP contribution < -0.4 is 16.4 Å². The average molecular weight is 499 g/mol. The second-order valence-corrected chi connectivity index (χ2v) is 9.18. The van der Waals surface area contributed by atoms with Crippen LogP contribution in [0.3, 0.4) is 0 Å². The highest BCUT2D eigenvalue weighted by atomic mass is 19.1. The van der Waals surface area contributed by atoms with Gasteiger partial charge in [-0.15, -0.1) is 10.2 Å². The number of carbonyl (C=O) groups excluding carboxylic acids is 3. The van der Waals surface area contributed by atoms with E-state index in [2.05, 4.69) is 32.0 Å². The maximum atomic E-state index is 14.6. The normalized spacial score (nSPS) is 12.2. The summed E-state index contributed by atoms with van der Waals surface area (Å²) in [4.78, 5) is 37.3. The Morgan fingerprint density at radius 2 is 2.00 bits per heavy atom. The number of nitrogens with two attached hydrogens (primary N) is 1. The molecule has 1 atom stereocenters. The maximum absolute atomic E-state index is 14.6. The molecular weight excluding hydrogens is 471 g/mol. The van der Waals surface area contributed by atoms with Crippen LogP contribution in [-0.2, 0) is 17.9 Å². The van der Waals surface area contributed by atoms with Gasteiger partial charge in [-0.1, -0.05) is 32.9 Å². The molecule has 1 aromatic carbocycles. The van der Waals surface area contributed by atoms with E-state index in [0.29, 0.717) is 31.2 Å². The zero-order valence-corrected chi connectivity index (χ0v) is 20.2. The van der Waals surface area contributed by atoms with Gasteiger partial charge in [0.05, 0.1) is 12.6 Å². The fourth-order valence-corrected chi connectivity index (χ4v) is 3.55. The molecule has 36 heavy (non-hydrogen) atoms. The summed E-state index contributed by atoms with van der Waals surface area (Å²) < 4.78 is 21.1. The van der Waals surface area contributed by atoms with Crippen LogP contribution >= 0.6 is 0 Å². The monoisotopic (exact) mass is 498 g/mol. The van der Waals surface area contributed by atoms with Crippen LogP contribution in [0.5, 0.6) is 0 Å². The highest BCUT2D eigenvalue weighted by Gasteiger charge is 2.34. The Hall–Kier alpha value is -4.34. The molecule has 0 saturated carbocycles. The van der Waals surface area contributed by atoms with E-state index in [1.807, 2.05) is 0 Å². The lowest BCUT2D eigenvalue weighted by atomic mass is 9.86. The first-order valence-electron chi connectivity index (χ1n) is 11.3. The average Bonchev–Trinajstić information content (AvgIpc) is 3.44. The number of primary amides is 1. The first-order valence-corrected chi connectivity index (χ1v) is 11.3. The number of halogens is 1. The summed E-state index contributed by atoms with van der Waals surface area (Å²) in [5.74, 6) is -3.03. The van der Waals surface area contributed by atoms with Gasteiger partial charge in [0.2, 0.25) is 11.8 Å². The number of hydrogen-bond acceptors (Lipinski definition) is 8. The van der Waals surface area contributed by atoms with Crippen molar-refractivity contribution >= 4 is 28.6 Å².